The first-order valence-corrected chi connectivity index (χ1v) is 6.74. The number of likely N-dealkylation sites (tertiary alicyclic amines) is 1. The van der Waals surface area contributed by atoms with Crippen LogP contribution in [0.25, 0.3) is 0 Å². The second-order valence-electron chi connectivity index (χ2n) is 5.65. The third-order valence-corrected chi connectivity index (χ3v) is 4.50. The smallest absolute Gasteiger partial charge is 0.289 e. The fourth-order valence-electron chi connectivity index (χ4n) is 3.14. The Hall–Kier alpha value is -1.00. The quantitative estimate of drug-likeness (QED) is 0.860. The Bertz CT molecular complexity index is 442. The van der Waals surface area contributed by atoms with E-state index in [4.69, 9.17) is 4.42 Å². The number of carbonyl (C=O) groups is 1. The Kier molecular flexibility index (Phi) is 4.21. The average Bonchev–Trinajstić information content (AvgIpc) is 2.99. The van der Waals surface area contributed by atoms with Gasteiger partial charge in [-0.2, -0.15) is 0 Å². The number of hydrogen-bond acceptors (Lipinski definition) is 3. The Morgan fingerprint density at radius 3 is 2.63 bits per heavy atom. The highest BCUT2D eigenvalue weighted by atomic mass is 35.5. The molecule has 1 aromatic heterocycles. The summed E-state index contributed by atoms with van der Waals surface area (Å²) in [5.74, 6) is 0.564. The van der Waals surface area contributed by atoms with E-state index in [0.29, 0.717) is 11.2 Å². The van der Waals surface area contributed by atoms with Crippen molar-refractivity contribution in [2.24, 2.45) is 5.41 Å². The Balaban J connectivity index is 0.00000133. The van der Waals surface area contributed by atoms with Crippen LogP contribution in [0, 0.1) is 12.3 Å². The molecule has 0 bridgehead atoms. The standard InChI is InChI=1S/C14H20N2O2.ClH/c1-11-2-9-18-12(11)13(17)16-7-4-14(5-8-16)3-6-15-10-14;/h2,9,15H,3-8,10H2,1H3;1H. The van der Waals surface area contributed by atoms with Crippen LogP contribution < -0.4 is 5.32 Å². The van der Waals surface area contributed by atoms with Gasteiger partial charge in [0, 0.05) is 25.2 Å². The summed E-state index contributed by atoms with van der Waals surface area (Å²) in [4.78, 5) is 14.2. The topological polar surface area (TPSA) is 45.5 Å². The summed E-state index contributed by atoms with van der Waals surface area (Å²) in [7, 11) is 0. The van der Waals surface area contributed by atoms with Crippen LogP contribution in [0.4, 0.5) is 0 Å². The Morgan fingerprint density at radius 2 is 2.11 bits per heavy atom. The fraction of sp³-hybridized carbons (Fsp3) is 0.643. The molecule has 5 heteroatoms. The number of aryl methyl sites for hydroxylation is 1. The number of nitrogens with one attached hydrogen (secondary N) is 1. The van der Waals surface area contributed by atoms with Crippen molar-refractivity contribution in [1.29, 1.82) is 0 Å². The molecule has 106 valence electrons. The van der Waals surface area contributed by atoms with E-state index in [2.05, 4.69) is 5.32 Å². The third-order valence-electron chi connectivity index (χ3n) is 4.50. The summed E-state index contributed by atoms with van der Waals surface area (Å²) >= 11 is 0. The van der Waals surface area contributed by atoms with E-state index >= 15 is 0 Å². The second kappa shape index (κ2) is 5.55. The molecule has 1 N–H and O–H groups in total. The van der Waals surface area contributed by atoms with Gasteiger partial charge in [-0.15, -0.1) is 12.4 Å². The van der Waals surface area contributed by atoms with Crippen molar-refractivity contribution in [2.75, 3.05) is 26.2 Å². The van der Waals surface area contributed by atoms with Gasteiger partial charge in [-0.05, 0) is 44.2 Å². The third kappa shape index (κ3) is 2.65. The molecule has 0 aromatic carbocycles. The maximum absolute atomic E-state index is 12.3. The lowest BCUT2D eigenvalue weighted by molar-refractivity contribution is 0.0576. The SMILES string of the molecule is Cc1ccoc1C(=O)N1CCC2(CCNC2)CC1.Cl. The summed E-state index contributed by atoms with van der Waals surface area (Å²) in [6.45, 7) is 5.89. The van der Waals surface area contributed by atoms with E-state index in [1.54, 1.807) is 6.26 Å². The highest BCUT2D eigenvalue weighted by Gasteiger charge is 2.38. The zero-order chi connectivity index (χ0) is 12.6. The molecule has 1 amide bonds. The number of furan rings is 1. The van der Waals surface area contributed by atoms with Gasteiger partial charge in [-0.1, -0.05) is 0 Å². The maximum Gasteiger partial charge on any atom is 0.289 e. The molecule has 4 nitrogen and oxygen atoms in total. The molecule has 0 radical (unpaired) electrons. The highest BCUT2D eigenvalue weighted by Crippen LogP contribution is 2.37. The zero-order valence-corrected chi connectivity index (χ0v) is 12.1. The van der Waals surface area contributed by atoms with Gasteiger partial charge in [0.25, 0.3) is 5.91 Å². The molecule has 0 saturated carbocycles. The molecule has 1 spiro atoms. The van der Waals surface area contributed by atoms with Crippen LogP contribution in [-0.4, -0.2) is 37.0 Å². The van der Waals surface area contributed by atoms with Crippen LogP contribution in [0.2, 0.25) is 0 Å². The minimum Gasteiger partial charge on any atom is -0.459 e. The van der Waals surface area contributed by atoms with E-state index in [9.17, 15) is 4.79 Å². The normalized spacial score (nSPS) is 21.4. The van der Waals surface area contributed by atoms with Gasteiger partial charge in [-0.3, -0.25) is 4.79 Å². The summed E-state index contributed by atoms with van der Waals surface area (Å²) in [5.41, 5.74) is 1.39. The lowest BCUT2D eigenvalue weighted by Crippen LogP contribution is -2.44. The van der Waals surface area contributed by atoms with E-state index in [1.807, 2.05) is 17.9 Å². The molecule has 3 rings (SSSR count). The first-order valence-electron chi connectivity index (χ1n) is 6.74. The number of carbonyl (C=O) groups excluding carboxylic acids is 1. The van der Waals surface area contributed by atoms with E-state index < -0.39 is 0 Å². The van der Waals surface area contributed by atoms with Gasteiger partial charge in [0.05, 0.1) is 6.26 Å². The molecule has 2 aliphatic heterocycles. The number of halogens is 1. The van der Waals surface area contributed by atoms with Gasteiger partial charge < -0.3 is 14.6 Å². The van der Waals surface area contributed by atoms with Gasteiger partial charge >= 0.3 is 0 Å². The molecular formula is C14H21ClN2O2. The number of piperidine rings is 1. The van der Waals surface area contributed by atoms with Gasteiger partial charge in [0.15, 0.2) is 5.76 Å². The van der Waals surface area contributed by atoms with Gasteiger partial charge in [0.2, 0.25) is 0 Å². The minimum absolute atomic E-state index is 0. The fourth-order valence-corrected chi connectivity index (χ4v) is 3.14. The summed E-state index contributed by atoms with van der Waals surface area (Å²) in [6.07, 6.45) is 5.08. The van der Waals surface area contributed by atoms with E-state index in [1.165, 1.54) is 6.42 Å². The van der Waals surface area contributed by atoms with Crippen molar-refractivity contribution in [1.82, 2.24) is 10.2 Å². The lowest BCUT2D eigenvalue weighted by atomic mass is 9.78. The van der Waals surface area contributed by atoms with Crippen molar-refractivity contribution in [3.63, 3.8) is 0 Å². The summed E-state index contributed by atoms with van der Waals surface area (Å²) in [5, 5.41) is 3.44. The first kappa shape index (κ1) is 14.4. The molecule has 3 heterocycles. The molecule has 19 heavy (non-hydrogen) atoms. The molecule has 1 aromatic rings. The van der Waals surface area contributed by atoms with E-state index in [0.717, 1.165) is 44.6 Å². The Labute approximate surface area is 119 Å². The number of amides is 1. The average molecular weight is 285 g/mol. The second-order valence-corrected chi connectivity index (χ2v) is 5.65. The first-order chi connectivity index (χ1) is 8.70. The minimum atomic E-state index is 0. The maximum atomic E-state index is 12.3. The molecule has 0 aliphatic carbocycles. The molecule has 2 aliphatic rings. The van der Waals surface area contributed by atoms with Crippen molar-refractivity contribution < 1.29 is 9.21 Å². The zero-order valence-electron chi connectivity index (χ0n) is 11.3. The van der Waals surface area contributed by atoms with Crippen LogP contribution in [0.1, 0.15) is 35.4 Å². The Morgan fingerprint density at radius 1 is 1.37 bits per heavy atom. The highest BCUT2D eigenvalue weighted by molar-refractivity contribution is 5.92. The van der Waals surface area contributed by atoms with Crippen molar-refractivity contribution in [3.05, 3.63) is 23.7 Å². The van der Waals surface area contributed by atoms with Crippen LogP contribution >= 0.6 is 12.4 Å². The predicted octanol–water partition coefficient (Wildman–Crippen LogP) is 2.23. The molecule has 0 atom stereocenters. The predicted molar refractivity (Wildman–Crippen MR) is 75.8 cm³/mol. The van der Waals surface area contributed by atoms with Crippen LogP contribution in [0.15, 0.2) is 16.7 Å². The number of nitrogens with zero attached hydrogens (tertiary/aromatic N) is 1. The van der Waals surface area contributed by atoms with Crippen molar-refractivity contribution in [3.8, 4) is 0 Å². The van der Waals surface area contributed by atoms with Crippen LogP contribution in [-0.2, 0) is 0 Å². The molecular weight excluding hydrogens is 264 g/mol. The molecule has 2 saturated heterocycles. The molecule has 0 unspecified atom stereocenters. The number of rotatable bonds is 1. The number of hydrogen-bond donors (Lipinski definition) is 1. The van der Waals surface area contributed by atoms with Crippen molar-refractivity contribution in [2.45, 2.75) is 26.2 Å². The lowest BCUT2D eigenvalue weighted by Gasteiger charge is -2.38. The largest absolute Gasteiger partial charge is 0.459 e. The van der Waals surface area contributed by atoms with Crippen molar-refractivity contribution >= 4 is 18.3 Å². The summed E-state index contributed by atoms with van der Waals surface area (Å²) in [6, 6.07) is 1.85. The van der Waals surface area contributed by atoms with Gasteiger partial charge in [0.1, 0.15) is 0 Å². The summed E-state index contributed by atoms with van der Waals surface area (Å²) < 4.78 is 5.29. The van der Waals surface area contributed by atoms with Crippen LogP contribution in [0.3, 0.4) is 0 Å². The molecule has 2 fully saturated rings. The van der Waals surface area contributed by atoms with E-state index in [-0.39, 0.29) is 18.3 Å². The van der Waals surface area contributed by atoms with Gasteiger partial charge in [-0.25, -0.2) is 0 Å². The van der Waals surface area contributed by atoms with Crippen LogP contribution in [0.5, 0.6) is 0 Å². The monoisotopic (exact) mass is 284 g/mol.